The minimum absolute atomic E-state index is 0.177. The van der Waals surface area contributed by atoms with Gasteiger partial charge in [-0.2, -0.15) is 0 Å². The number of carbonyl (C=O) groups excluding carboxylic acids is 1. The van der Waals surface area contributed by atoms with Gasteiger partial charge >= 0.3 is 0 Å². The zero-order valence-electron chi connectivity index (χ0n) is 12.2. The molecule has 21 heavy (non-hydrogen) atoms. The molecule has 0 fully saturated rings. The van der Waals surface area contributed by atoms with Crippen LogP contribution in [0.15, 0.2) is 30.3 Å². The first-order valence-corrected chi connectivity index (χ1v) is 7.16. The van der Waals surface area contributed by atoms with Crippen molar-refractivity contribution in [2.24, 2.45) is 5.92 Å². The molecule has 0 bridgehead atoms. The topological polar surface area (TPSA) is 88.2 Å². The second-order valence-corrected chi connectivity index (χ2v) is 5.30. The van der Waals surface area contributed by atoms with Crippen LogP contribution in [0.3, 0.4) is 0 Å². The average Bonchev–Trinajstić information content (AvgIpc) is 2.51. The number of amides is 1. The number of fused-ring (bicyclic) bond motifs is 1. The van der Waals surface area contributed by atoms with E-state index >= 15 is 0 Å². The summed E-state index contributed by atoms with van der Waals surface area (Å²) in [6, 6.07) is 9.09. The predicted octanol–water partition coefficient (Wildman–Crippen LogP) is 1.96. The molecule has 1 aromatic heterocycles. The lowest BCUT2D eigenvalue weighted by molar-refractivity contribution is 0.0947. The first-order valence-electron chi connectivity index (χ1n) is 7.16. The molecule has 0 aliphatic heterocycles. The highest BCUT2D eigenvalue weighted by molar-refractivity contribution is 5.99. The molecule has 2 aromatic rings. The maximum absolute atomic E-state index is 12.1. The number of pyridine rings is 1. The van der Waals surface area contributed by atoms with Gasteiger partial charge in [0.15, 0.2) is 0 Å². The Morgan fingerprint density at radius 2 is 2.19 bits per heavy atom. The number of hydrogen-bond acceptors (Lipinski definition) is 4. The van der Waals surface area contributed by atoms with Gasteiger partial charge in [-0.05, 0) is 30.9 Å². The van der Waals surface area contributed by atoms with Gasteiger partial charge in [-0.25, -0.2) is 4.98 Å². The normalized spacial score (nSPS) is 12.3. The summed E-state index contributed by atoms with van der Waals surface area (Å²) in [5, 5.41) is 12.6. The van der Waals surface area contributed by atoms with E-state index in [0.717, 1.165) is 23.7 Å². The number of anilines is 1. The van der Waals surface area contributed by atoms with Crippen LogP contribution in [0.5, 0.6) is 0 Å². The van der Waals surface area contributed by atoms with Crippen LogP contribution in [-0.2, 0) is 0 Å². The molecule has 1 heterocycles. The molecule has 1 unspecified atom stereocenters. The van der Waals surface area contributed by atoms with Crippen LogP contribution < -0.4 is 11.1 Å². The van der Waals surface area contributed by atoms with Gasteiger partial charge in [-0.3, -0.25) is 4.79 Å². The van der Waals surface area contributed by atoms with Gasteiger partial charge in [0.05, 0.1) is 5.52 Å². The quantitative estimate of drug-likeness (QED) is 0.709. The zero-order valence-corrected chi connectivity index (χ0v) is 12.2. The van der Waals surface area contributed by atoms with E-state index in [1.807, 2.05) is 31.2 Å². The first kappa shape index (κ1) is 15.3. The van der Waals surface area contributed by atoms with Crippen molar-refractivity contribution in [1.29, 1.82) is 0 Å². The van der Waals surface area contributed by atoms with Crippen molar-refractivity contribution in [1.82, 2.24) is 10.3 Å². The number of aliphatic hydroxyl groups is 1. The van der Waals surface area contributed by atoms with Crippen molar-refractivity contribution in [2.45, 2.75) is 19.8 Å². The Kier molecular flexibility index (Phi) is 5.11. The number of hydrogen-bond donors (Lipinski definition) is 3. The fourth-order valence-corrected chi connectivity index (χ4v) is 2.15. The minimum Gasteiger partial charge on any atom is -0.398 e. The third kappa shape index (κ3) is 3.92. The molecule has 0 saturated carbocycles. The van der Waals surface area contributed by atoms with Crippen LogP contribution in [0, 0.1) is 5.92 Å². The molecule has 5 nitrogen and oxygen atoms in total. The Labute approximate surface area is 124 Å². The number of aromatic nitrogens is 1. The molecule has 2 rings (SSSR count). The fourth-order valence-electron chi connectivity index (χ4n) is 2.15. The Morgan fingerprint density at radius 3 is 2.95 bits per heavy atom. The molecule has 1 aromatic carbocycles. The number of nitrogen functional groups attached to an aromatic ring is 1. The van der Waals surface area contributed by atoms with Crippen molar-refractivity contribution in [3.8, 4) is 0 Å². The Balaban J connectivity index is 1.99. The Morgan fingerprint density at radius 1 is 1.43 bits per heavy atom. The van der Waals surface area contributed by atoms with Crippen molar-refractivity contribution >= 4 is 22.5 Å². The van der Waals surface area contributed by atoms with Gasteiger partial charge in [0.1, 0.15) is 5.69 Å². The van der Waals surface area contributed by atoms with Crippen LogP contribution in [0.1, 0.15) is 30.3 Å². The molecule has 4 N–H and O–H groups in total. The zero-order chi connectivity index (χ0) is 15.2. The van der Waals surface area contributed by atoms with Crippen LogP contribution in [0.2, 0.25) is 0 Å². The summed E-state index contributed by atoms with van der Waals surface area (Å²) in [6.45, 7) is 2.72. The van der Waals surface area contributed by atoms with Gasteiger partial charge < -0.3 is 16.2 Å². The van der Waals surface area contributed by atoms with Crippen molar-refractivity contribution < 1.29 is 9.90 Å². The number of aliphatic hydroxyl groups excluding tert-OH is 1. The molecule has 0 saturated heterocycles. The summed E-state index contributed by atoms with van der Waals surface area (Å²) in [7, 11) is 0. The lowest BCUT2D eigenvalue weighted by Gasteiger charge is -2.09. The number of nitrogens with zero attached hydrogens (tertiary/aromatic N) is 1. The van der Waals surface area contributed by atoms with E-state index in [1.54, 1.807) is 6.07 Å². The van der Waals surface area contributed by atoms with E-state index in [0.29, 0.717) is 17.9 Å². The summed E-state index contributed by atoms with van der Waals surface area (Å²) in [4.78, 5) is 16.4. The molecule has 1 atom stereocenters. The lowest BCUT2D eigenvalue weighted by atomic mass is 10.1. The number of nitrogens with one attached hydrogen (secondary N) is 1. The van der Waals surface area contributed by atoms with Crippen LogP contribution in [0.25, 0.3) is 10.9 Å². The third-order valence-corrected chi connectivity index (χ3v) is 3.45. The maximum atomic E-state index is 12.1. The number of rotatable bonds is 6. The average molecular weight is 287 g/mol. The molecule has 112 valence electrons. The number of benzene rings is 1. The summed E-state index contributed by atoms with van der Waals surface area (Å²) in [6.07, 6.45) is 1.71. The Bertz CT molecular complexity index is 628. The second-order valence-electron chi connectivity index (χ2n) is 5.30. The highest BCUT2D eigenvalue weighted by atomic mass is 16.3. The first-order chi connectivity index (χ1) is 10.1. The van der Waals surface area contributed by atoms with Crippen molar-refractivity contribution in [3.05, 3.63) is 36.0 Å². The lowest BCUT2D eigenvalue weighted by Crippen LogP contribution is -2.26. The highest BCUT2D eigenvalue weighted by Gasteiger charge is 2.10. The third-order valence-electron chi connectivity index (χ3n) is 3.45. The summed E-state index contributed by atoms with van der Waals surface area (Å²) in [5.74, 6) is 0.0421. The van der Waals surface area contributed by atoms with E-state index in [9.17, 15) is 4.79 Å². The monoisotopic (exact) mass is 287 g/mol. The van der Waals surface area contributed by atoms with Gasteiger partial charge in [-0.15, -0.1) is 0 Å². The molecular formula is C16H21N3O2. The van der Waals surface area contributed by atoms with Crippen LogP contribution >= 0.6 is 0 Å². The van der Waals surface area contributed by atoms with Crippen molar-refractivity contribution in [3.63, 3.8) is 0 Å². The number of carbonyl (C=O) groups is 1. The molecule has 1 amide bonds. The smallest absolute Gasteiger partial charge is 0.269 e. The largest absolute Gasteiger partial charge is 0.398 e. The van der Waals surface area contributed by atoms with Gasteiger partial charge in [-0.1, -0.05) is 25.1 Å². The van der Waals surface area contributed by atoms with Crippen LogP contribution in [0.4, 0.5) is 5.69 Å². The maximum Gasteiger partial charge on any atom is 0.269 e. The summed E-state index contributed by atoms with van der Waals surface area (Å²) in [5.41, 5.74) is 7.57. The standard InChI is InChI=1S/C16H21N3O2/c1-11(10-20)5-4-8-18-16(21)15-9-13(17)12-6-2-3-7-14(12)19-15/h2-3,6-7,9,11,20H,4-5,8,10H2,1H3,(H2,17,19)(H,18,21). The molecule has 0 aliphatic carbocycles. The number of nitrogens with two attached hydrogens (primary N) is 1. The molecular weight excluding hydrogens is 266 g/mol. The highest BCUT2D eigenvalue weighted by Crippen LogP contribution is 2.19. The van der Waals surface area contributed by atoms with Crippen molar-refractivity contribution in [2.75, 3.05) is 18.9 Å². The van der Waals surface area contributed by atoms with E-state index in [1.165, 1.54) is 0 Å². The van der Waals surface area contributed by atoms with Gasteiger partial charge in [0.25, 0.3) is 5.91 Å². The molecule has 0 spiro atoms. The van der Waals surface area contributed by atoms with Gasteiger partial charge in [0, 0.05) is 24.2 Å². The SMILES string of the molecule is CC(CO)CCCNC(=O)c1cc(N)c2ccccc2n1. The van der Waals surface area contributed by atoms with E-state index in [4.69, 9.17) is 10.8 Å². The van der Waals surface area contributed by atoms with Crippen LogP contribution in [-0.4, -0.2) is 29.1 Å². The van der Waals surface area contributed by atoms with E-state index in [2.05, 4.69) is 10.3 Å². The number of para-hydroxylation sites is 1. The summed E-state index contributed by atoms with van der Waals surface area (Å²) >= 11 is 0. The van der Waals surface area contributed by atoms with Gasteiger partial charge in [0.2, 0.25) is 0 Å². The predicted molar refractivity (Wildman–Crippen MR) is 84.0 cm³/mol. The Hall–Kier alpha value is -2.14. The molecule has 5 heteroatoms. The summed E-state index contributed by atoms with van der Waals surface area (Å²) < 4.78 is 0. The van der Waals surface area contributed by atoms with E-state index in [-0.39, 0.29) is 18.4 Å². The minimum atomic E-state index is -0.218. The molecule has 0 radical (unpaired) electrons. The fraction of sp³-hybridized carbons (Fsp3) is 0.375. The second kappa shape index (κ2) is 7.04. The van der Waals surface area contributed by atoms with E-state index < -0.39 is 0 Å². The molecule has 0 aliphatic rings.